The molecule has 8 nitrogen and oxygen atoms in total. The Morgan fingerprint density at radius 2 is 2.00 bits per heavy atom. The lowest BCUT2D eigenvalue weighted by Gasteiger charge is -2.06. The molecule has 0 saturated carbocycles. The molecule has 0 atom stereocenters. The van der Waals surface area contributed by atoms with Crippen LogP contribution in [-0.4, -0.2) is 28.0 Å². The van der Waals surface area contributed by atoms with Crippen LogP contribution in [0.25, 0.3) is 5.65 Å². The van der Waals surface area contributed by atoms with E-state index in [2.05, 4.69) is 10.3 Å². The number of hydrogen-bond acceptors (Lipinski definition) is 6. The average molecular weight is 341 g/mol. The molecule has 1 aromatic carbocycles. The van der Waals surface area contributed by atoms with E-state index in [9.17, 15) is 14.4 Å². The molecule has 0 spiro atoms. The Hall–Kier alpha value is -3.42. The van der Waals surface area contributed by atoms with Crippen LogP contribution in [0.5, 0.6) is 0 Å². The highest BCUT2D eigenvalue weighted by atomic mass is 16.5. The zero-order chi connectivity index (χ0) is 17.8. The SMILES string of the molecule is Cc1cc2nc(COC(=O)CNC(=O)c3ccccc3)cc(=O)n2o1. The van der Waals surface area contributed by atoms with Crippen molar-refractivity contribution in [3.8, 4) is 0 Å². The molecule has 2 aromatic heterocycles. The molecule has 0 aliphatic carbocycles. The molecule has 1 N–H and O–H groups in total. The second-order valence-corrected chi connectivity index (χ2v) is 5.29. The van der Waals surface area contributed by atoms with Crippen molar-refractivity contribution in [2.45, 2.75) is 13.5 Å². The van der Waals surface area contributed by atoms with Crippen LogP contribution in [0, 0.1) is 6.92 Å². The molecule has 25 heavy (non-hydrogen) atoms. The van der Waals surface area contributed by atoms with Crippen LogP contribution in [-0.2, 0) is 16.1 Å². The van der Waals surface area contributed by atoms with Gasteiger partial charge in [0.2, 0.25) is 0 Å². The summed E-state index contributed by atoms with van der Waals surface area (Å²) in [5.74, 6) is -0.457. The number of esters is 1. The van der Waals surface area contributed by atoms with Crippen molar-refractivity contribution in [2.24, 2.45) is 0 Å². The van der Waals surface area contributed by atoms with Crippen LogP contribution in [0.3, 0.4) is 0 Å². The van der Waals surface area contributed by atoms with Crippen LogP contribution in [0.1, 0.15) is 21.8 Å². The van der Waals surface area contributed by atoms with E-state index in [1.165, 1.54) is 6.07 Å². The quantitative estimate of drug-likeness (QED) is 0.696. The highest BCUT2D eigenvalue weighted by Crippen LogP contribution is 2.05. The third-order valence-corrected chi connectivity index (χ3v) is 3.33. The standard InChI is InChI=1S/C17H15N3O5/c1-11-7-14-19-13(8-15(21)20(14)25-11)10-24-16(22)9-18-17(23)12-5-3-2-4-6-12/h2-8H,9-10H2,1H3,(H,18,23). The van der Waals surface area contributed by atoms with Crippen molar-refractivity contribution in [1.82, 2.24) is 14.9 Å². The Kier molecular flexibility index (Phi) is 4.60. The lowest BCUT2D eigenvalue weighted by Crippen LogP contribution is -2.30. The fourth-order valence-corrected chi connectivity index (χ4v) is 2.20. The van der Waals surface area contributed by atoms with Crippen LogP contribution in [0.2, 0.25) is 0 Å². The van der Waals surface area contributed by atoms with Crippen molar-refractivity contribution >= 4 is 17.5 Å². The van der Waals surface area contributed by atoms with Gasteiger partial charge in [-0.25, -0.2) is 4.98 Å². The first-order chi connectivity index (χ1) is 12.0. The van der Waals surface area contributed by atoms with Gasteiger partial charge in [-0.1, -0.05) is 18.2 Å². The topological polar surface area (TPSA) is 103 Å². The molecule has 0 unspecified atom stereocenters. The normalized spacial score (nSPS) is 10.6. The maximum absolute atomic E-state index is 11.9. The highest BCUT2D eigenvalue weighted by Gasteiger charge is 2.11. The van der Waals surface area contributed by atoms with Crippen molar-refractivity contribution in [1.29, 1.82) is 0 Å². The largest absolute Gasteiger partial charge is 0.458 e. The molecule has 8 heteroatoms. The van der Waals surface area contributed by atoms with Gasteiger partial charge in [0.15, 0.2) is 5.65 Å². The maximum atomic E-state index is 11.9. The summed E-state index contributed by atoms with van der Waals surface area (Å²) in [5, 5.41) is 2.46. The Morgan fingerprint density at radius 1 is 1.24 bits per heavy atom. The molecular formula is C17H15N3O5. The minimum absolute atomic E-state index is 0.171. The molecule has 128 valence electrons. The van der Waals surface area contributed by atoms with Crippen LogP contribution < -0.4 is 10.9 Å². The van der Waals surface area contributed by atoms with E-state index in [0.29, 0.717) is 22.7 Å². The first-order valence-corrected chi connectivity index (χ1v) is 7.51. The Labute approximate surface area is 142 Å². The second-order valence-electron chi connectivity index (χ2n) is 5.29. The number of amides is 1. The number of hydrogen-bond donors (Lipinski definition) is 1. The number of nitrogens with one attached hydrogen (secondary N) is 1. The van der Waals surface area contributed by atoms with Crippen molar-refractivity contribution < 1.29 is 18.8 Å². The third kappa shape index (κ3) is 3.92. The molecular weight excluding hydrogens is 326 g/mol. The highest BCUT2D eigenvalue weighted by molar-refractivity contribution is 5.95. The summed E-state index contributed by atoms with van der Waals surface area (Å²) in [4.78, 5) is 39.6. The summed E-state index contributed by atoms with van der Waals surface area (Å²) in [6.07, 6.45) is 0. The molecule has 3 rings (SSSR count). The number of carbonyl (C=O) groups is 2. The van der Waals surface area contributed by atoms with Crippen molar-refractivity contribution in [3.05, 3.63) is 69.8 Å². The fourth-order valence-electron chi connectivity index (χ4n) is 2.20. The predicted octanol–water partition coefficient (Wildman–Crippen LogP) is 1.07. The number of carbonyl (C=O) groups excluding carboxylic acids is 2. The second kappa shape index (κ2) is 7.00. The first kappa shape index (κ1) is 16.4. The lowest BCUT2D eigenvalue weighted by molar-refractivity contribution is -0.143. The lowest BCUT2D eigenvalue weighted by atomic mass is 10.2. The smallest absolute Gasteiger partial charge is 0.325 e. The summed E-state index contributed by atoms with van der Waals surface area (Å²) in [7, 11) is 0. The van der Waals surface area contributed by atoms with E-state index < -0.39 is 11.5 Å². The summed E-state index contributed by atoms with van der Waals surface area (Å²) >= 11 is 0. The number of aryl methyl sites for hydroxylation is 1. The molecule has 1 amide bonds. The van der Waals surface area contributed by atoms with Gasteiger partial charge >= 0.3 is 5.97 Å². The molecule has 2 heterocycles. The number of aromatic nitrogens is 2. The van der Waals surface area contributed by atoms with E-state index in [1.807, 2.05) is 0 Å². The molecule has 0 saturated heterocycles. The minimum Gasteiger partial charge on any atom is -0.458 e. The van der Waals surface area contributed by atoms with E-state index in [1.54, 1.807) is 43.3 Å². The van der Waals surface area contributed by atoms with Gasteiger partial charge in [0.05, 0.1) is 5.69 Å². The fraction of sp³-hybridized carbons (Fsp3) is 0.176. The number of benzene rings is 1. The van der Waals surface area contributed by atoms with E-state index in [4.69, 9.17) is 9.26 Å². The van der Waals surface area contributed by atoms with Gasteiger partial charge in [-0.2, -0.15) is 0 Å². The summed E-state index contributed by atoms with van der Waals surface area (Å²) in [6, 6.07) is 11.4. The minimum atomic E-state index is -0.630. The molecule has 0 fully saturated rings. The molecule has 0 aliphatic rings. The summed E-state index contributed by atoms with van der Waals surface area (Å²) < 4.78 is 11.3. The van der Waals surface area contributed by atoms with Gasteiger partial charge in [0.1, 0.15) is 18.9 Å². The predicted molar refractivity (Wildman–Crippen MR) is 87.0 cm³/mol. The summed E-state index contributed by atoms with van der Waals surface area (Å²) in [5.41, 5.74) is 0.689. The van der Waals surface area contributed by atoms with E-state index in [-0.39, 0.29) is 19.1 Å². The van der Waals surface area contributed by atoms with Gasteiger partial charge in [-0.05, 0) is 19.1 Å². The number of fused-ring (bicyclic) bond motifs is 1. The number of rotatable bonds is 5. The molecule has 0 radical (unpaired) electrons. The number of ether oxygens (including phenoxy) is 1. The van der Waals surface area contributed by atoms with Gasteiger partial charge in [-0.3, -0.25) is 14.4 Å². The first-order valence-electron chi connectivity index (χ1n) is 7.51. The Morgan fingerprint density at radius 3 is 2.76 bits per heavy atom. The van der Waals surface area contributed by atoms with E-state index in [0.717, 1.165) is 4.57 Å². The van der Waals surface area contributed by atoms with E-state index >= 15 is 0 Å². The number of nitrogens with zero attached hydrogens (tertiary/aromatic N) is 2. The van der Waals surface area contributed by atoms with Crippen molar-refractivity contribution in [3.63, 3.8) is 0 Å². The zero-order valence-electron chi connectivity index (χ0n) is 13.4. The zero-order valence-corrected chi connectivity index (χ0v) is 13.4. The van der Waals surface area contributed by atoms with Gasteiger partial charge in [-0.15, -0.1) is 4.57 Å². The van der Waals surface area contributed by atoms with Gasteiger partial charge < -0.3 is 14.6 Å². The monoisotopic (exact) mass is 341 g/mol. The Balaban J connectivity index is 1.55. The van der Waals surface area contributed by atoms with Crippen molar-refractivity contribution in [2.75, 3.05) is 6.54 Å². The van der Waals surface area contributed by atoms with Crippen LogP contribution in [0.4, 0.5) is 0 Å². The van der Waals surface area contributed by atoms with Crippen LogP contribution in [0.15, 0.2) is 51.8 Å². The van der Waals surface area contributed by atoms with Gasteiger partial charge in [0.25, 0.3) is 11.5 Å². The Bertz CT molecular complexity index is 975. The molecule has 0 aliphatic heterocycles. The third-order valence-electron chi connectivity index (χ3n) is 3.33. The summed E-state index contributed by atoms with van der Waals surface area (Å²) in [6.45, 7) is 1.25. The molecule has 0 bridgehead atoms. The maximum Gasteiger partial charge on any atom is 0.325 e. The van der Waals surface area contributed by atoms with Crippen LogP contribution >= 0.6 is 0 Å². The average Bonchev–Trinajstić information content (AvgIpc) is 2.99. The van der Waals surface area contributed by atoms with Gasteiger partial charge in [0, 0.05) is 17.7 Å². The molecule has 3 aromatic rings.